The van der Waals surface area contributed by atoms with E-state index in [0.29, 0.717) is 26.4 Å². The zero-order valence-corrected chi connectivity index (χ0v) is 15.6. The van der Waals surface area contributed by atoms with Crippen molar-refractivity contribution < 1.29 is 19.3 Å². The van der Waals surface area contributed by atoms with E-state index in [0.717, 1.165) is 24.4 Å². The molecule has 0 spiro atoms. The topological polar surface area (TPSA) is 51.2 Å². The Bertz CT molecular complexity index is 603. The first-order chi connectivity index (χ1) is 12.7. The molecule has 26 heavy (non-hydrogen) atoms. The van der Waals surface area contributed by atoms with Gasteiger partial charge < -0.3 is 19.3 Å². The van der Waals surface area contributed by atoms with Gasteiger partial charge in [-0.2, -0.15) is 0 Å². The Morgan fingerprint density at radius 2 is 1.69 bits per heavy atom. The fraction of sp³-hybridized carbons (Fsp3) is 0.429. The van der Waals surface area contributed by atoms with Crippen LogP contribution in [0.2, 0.25) is 0 Å². The summed E-state index contributed by atoms with van der Waals surface area (Å²) in [6.07, 6.45) is -0.547. The van der Waals surface area contributed by atoms with Crippen LogP contribution in [0.15, 0.2) is 54.6 Å². The van der Waals surface area contributed by atoms with E-state index in [1.807, 2.05) is 54.6 Å². The Hall–Kier alpha value is -1.92. The van der Waals surface area contributed by atoms with Crippen LogP contribution in [0.25, 0.3) is 0 Å². The summed E-state index contributed by atoms with van der Waals surface area (Å²) < 4.78 is 16.0. The maximum atomic E-state index is 10.3. The van der Waals surface area contributed by atoms with Crippen LogP contribution in [0.1, 0.15) is 11.1 Å². The Morgan fingerprint density at radius 1 is 0.962 bits per heavy atom. The molecule has 0 unspecified atom stereocenters. The molecule has 1 atom stereocenters. The van der Waals surface area contributed by atoms with Crippen molar-refractivity contribution in [3.05, 3.63) is 65.7 Å². The predicted octanol–water partition coefficient (Wildman–Crippen LogP) is 2.72. The van der Waals surface area contributed by atoms with Gasteiger partial charge in [0, 0.05) is 26.7 Å². The quantitative estimate of drug-likeness (QED) is 0.631. The Morgan fingerprint density at radius 3 is 2.35 bits per heavy atom. The summed E-state index contributed by atoms with van der Waals surface area (Å²) in [5, 5.41) is 10.3. The van der Waals surface area contributed by atoms with Gasteiger partial charge in [-0.3, -0.25) is 4.90 Å². The second kappa shape index (κ2) is 11.6. The van der Waals surface area contributed by atoms with Crippen LogP contribution in [-0.2, 0) is 22.6 Å². The molecule has 0 fully saturated rings. The van der Waals surface area contributed by atoms with Gasteiger partial charge in [-0.15, -0.1) is 0 Å². The van der Waals surface area contributed by atoms with Crippen molar-refractivity contribution >= 4 is 0 Å². The average Bonchev–Trinajstić information content (AvgIpc) is 2.67. The lowest BCUT2D eigenvalue weighted by molar-refractivity contribution is 0.00479. The third-order valence-corrected chi connectivity index (χ3v) is 4.07. The van der Waals surface area contributed by atoms with Gasteiger partial charge in [0.15, 0.2) is 0 Å². The summed E-state index contributed by atoms with van der Waals surface area (Å²) >= 11 is 0. The maximum absolute atomic E-state index is 10.3. The molecular formula is C21H29NO4. The highest BCUT2D eigenvalue weighted by Gasteiger charge is 2.13. The summed E-state index contributed by atoms with van der Waals surface area (Å²) in [4.78, 5) is 2.17. The second-order valence-electron chi connectivity index (χ2n) is 6.23. The molecule has 0 aliphatic rings. The summed E-state index contributed by atoms with van der Waals surface area (Å²) in [6, 6.07) is 17.9. The van der Waals surface area contributed by atoms with Gasteiger partial charge in [0.05, 0.1) is 33.0 Å². The van der Waals surface area contributed by atoms with Crippen molar-refractivity contribution in [2.24, 2.45) is 0 Å². The first-order valence-corrected chi connectivity index (χ1v) is 8.85. The molecule has 0 aromatic heterocycles. The average molecular weight is 359 g/mol. The van der Waals surface area contributed by atoms with Crippen LogP contribution in [0.3, 0.4) is 0 Å². The van der Waals surface area contributed by atoms with Crippen LogP contribution in [-0.4, -0.2) is 56.6 Å². The van der Waals surface area contributed by atoms with Crippen LogP contribution in [0.4, 0.5) is 0 Å². The highest BCUT2D eigenvalue weighted by atomic mass is 16.5. The maximum Gasteiger partial charge on any atom is 0.118 e. The molecule has 0 heterocycles. The lowest BCUT2D eigenvalue weighted by Gasteiger charge is -2.25. The van der Waals surface area contributed by atoms with Crippen molar-refractivity contribution in [2.45, 2.75) is 19.3 Å². The number of hydrogen-bond donors (Lipinski definition) is 1. The molecule has 0 saturated carbocycles. The minimum absolute atomic E-state index is 0.307. The van der Waals surface area contributed by atoms with Gasteiger partial charge in [-0.1, -0.05) is 42.5 Å². The molecule has 0 amide bonds. The van der Waals surface area contributed by atoms with E-state index < -0.39 is 6.10 Å². The fourth-order valence-electron chi connectivity index (χ4n) is 2.68. The largest absolute Gasteiger partial charge is 0.497 e. The molecule has 0 saturated heterocycles. The second-order valence-corrected chi connectivity index (χ2v) is 6.23. The van der Waals surface area contributed by atoms with Crippen molar-refractivity contribution in [3.8, 4) is 5.75 Å². The van der Waals surface area contributed by atoms with Gasteiger partial charge in [0.1, 0.15) is 5.75 Å². The Balaban J connectivity index is 1.80. The number of ether oxygens (including phenoxy) is 3. The lowest BCUT2D eigenvalue weighted by Crippen LogP contribution is -2.36. The first kappa shape index (κ1) is 20.4. The molecule has 2 rings (SSSR count). The van der Waals surface area contributed by atoms with E-state index in [4.69, 9.17) is 14.2 Å². The smallest absolute Gasteiger partial charge is 0.118 e. The molecule has 2 aromatic rings. The van der Waals surface area contributed by atoms with Gasteiger partial charge in [0.25, 0.3) is 0 Å². The number of aliphatic hydroxyl groups is 1. The molecule has 1 N–H and O–H groups in total. The number of rotatable bonds is 12. The number of aliphatic hydroxyl groups excluding tert-OH is 1. The zero-order chi connectivity index (χ0) is 18.6. The van der Waals surface area contributed by atoms with E-state index >= 15 is 0 Å². The molecule has 5 heteroatoms. The van der Waals surface area contributed by atoms with Crippen molar-refractivity contribution in [1.82, 2.24) is 4.90 Å². The van der Waals surface area contributed by atoms with Crippen molar-refractivity contribution in [1.29, 1.82) is 0 Å². The van der Waals surface area contributed by atoms with Crippen LogP contribution in [0.5, 0.6) is 5.75 Å². The Kier molecular flexibility index (Phi) is 9.14. The lowest BCUT2D eigenvalue weighted by atomic mass is 10.2. The SMILES string of the molecule is COCCN(Cc1ccc(OC)cc1)C[C@H](O)COCc1ccccc1. The number of methoxy groups -OCH3 is 2. The first-order valence-electron chi connectivity index (χ1n) is 8.85. The van der Waals surface area contributed by atoms with Crippen molar-refractivity contribution in [3.63, 3.8) is 0 Å². The van der Waals surface area contributed by atoms with E-state index in [2.05, 4.69) is 4.90 Å². The molecular weight excluding hydrogens is 330 g/mol. The van der Waals surface area contributed by atoms with Crippen LogP contribution >= 0.6 is 0 Å². The standard InChI is InChI=1S/C21H29NO4/c1-24-13-12-22(14-18-8-10-21(25-2)11-9-18)15-20(23)17-26-16-19-6-4-3-5-7-19/h3-11,20,23H,12-17H2,1-2H3/t20-/m0/s1. The highest BCUT2D eigenvalue weighted by molar-refractivity contribution is 5.27. The van der Waals surface area contributed by atoms with Crippen LogP contribution < -0.4 is 4.74 Å². The van der Waals surface area contributed by atoms with E-state index in [1.165, 1.54) is 5.56 Å². The highest BCUT2D eigenvalue weighted by Crippen LogP contribution is 2.13. The van der Waals surface area contributed by atoms with E-state index in [-0.39, 0.29) is 0 Å². The van der Waals surface area contributed by atoms with Crippen LogP contribution in [0, 0.1) is 0 Å². The van der Waals surface area contributed by atoms with Crippen molar-refractivity contribution in [2.75, 3.05) is 40.5 Å². The van der Waals surface area contributed by atoms with Gasteiger partial charge in [-0.25, -0.2) is 0 Å². The van der Waals surface area contributed by atoms with E-state index in [1.54, 1.807) is 14.2 Å². The molecule has 0 bridgehead atoms. The minimum Gasteiger partial charge on any atom is -0.497 e. The minimum atomic E-state index is -0.547. The fourth-order valence-corrected chi connectivity index (χ4v) is 2.68. The Labute approximate surface area is 156 Å². The van der Waals surface area contributed by atoms with Gasteiger partial charge >= 0.3 is 0 Å². The third-order valence-electron chi connectivity index (χ3n) is 4.07. The molecule has 0 radical (unpaired) electrons. The van der Waals surface area contributed by atoms with Gasteiger partial charge in [0.2, 0.25) is 0 Å². The monoisotopic (exact) mass is 359 g/mol. The third kappa shape index (κ3) is 7.54. The summed E-state index contributed by atoms with van der Waals surface area (Å²) in [5.74, 6) is 0.839. The molecule has 5 nitrogen and oxygen atoms in total. The number of nitrogens with zero attached hydrogens (tertiary/aromatic N) is 1. The predicted molar refractivity (Wildman–Crippen MR) is 102 cm³/mol. The molecule has 0 aliphatic heterocycles. The van der Waals surface area contributed by atoms with Gasteiger partial charge in [-0.05, 0) is 23.3 Å². The molecule has 2 aromatic carbocycles. The summed E-state index contributed by atoms with van der Waals surface area (Å²) in [7, 11) is 3.34. The normalized spacial score (nSPS) is 12.3. The number of benzene rings is 2. The summed E-state index contributed by atoms with van der Waals surface area (Å²) in [5.41, 5.74) is 2.27. The summed E-state index contributed by atoms with van der Waals surface area (Å²) in [6.45, 7) is 3.45. The van der Waals surface area contributed by atoms with E-state index in [9.17, 15) is 5.11 Å². The zero-order valence-electron chi connectivity index (χ0n) is 15.6. The molecule has 142 valence electrons. The molecule has 0 aliphatic carbocycles. The number of hydrogen-bond acceptors (Lipinski definition) is 5.